The van der Waals surface area contributed by atoms with Gasteiger partial charge in [-0.05, 0) is 40.5 Å². The molecule has 0 bridgehead atoms. The lowest BCUT2D eigenvalue weighted by Crippen LogP contribution is -2.02. The van der Waals surface area contributed by atoms with Gasteiger partial charge in [0.2, 0.25) is 0 Å². The van der Waals surface area contributed by atoms with E-state index >= 15 is 0 Å². The summed E-state index contributed by atoms with van der Waals surface area (Å²) in [6, 6.07) is 8.50. The molecule has 0 radical (unpaired) electrons. The maximum absolute atomic E-state index is 10.8. The number of nitrogens with zero attached hydrogens (tertiary/aromatic N) is 3. The van der Waals surface area contributed by atoms with E-state index in [1.165, 1.54) is 12.1 Å². The van der Waals surface area contributed by atoms with Crippen LogP contribution in [0.1, 0.15) is 17.0 Å². The maximum atomic E-state index is 10.8. The molecule has 108 valence electrons. The molecule has 0 unspecified atom stereocenters. The van der Waals surface area contributed by atoms with Crippen LogP contribution in [0.15, 0.2) is 28.7 Å². The lowest BCUT2D eigenvalue weighted by Gasteiger charge is -2.08. The Bertz CT molecular complexity index is 746. The number of nitriles is 1. The summed E-state index contributed by atoms with van der Waals surface area (Å²) < 4.78 is 2.57. The molecule has 0 fully saturated rings. The number of benzene rings is 1. The highest BCUT2D eigenvalue weighted by Gasteiger charge is 2.11. The predicted octanol–water partition coefficient (Wildman–Crippen LogP) is 3.49. The maximum Gasteiger partial charge on any atom is 0.271 e. The first kappa shape index (κ1) is 15.1. The number of rotatable bonds is 4. The van der Waals surface area contributed by atoms with Crippen LogP contribution in [0.25, 0.3) is 0 Å². The molecule has 0 amide bonds. The minimum absolute atomic E-state index is 0.0307. The highest BCUT2D eigenvalue weighted by atomic mass is 79.9. The highest BCUT2D eigenvalue weighted by molar-refractivity contribution is 9.10. The van der Waals surface area contributed by atoms with Gasteiger partial charge in [-0.15, -0.1) is 0 Å². The van der Waals surface area contributed by atoms with Gasteiger partial charge in [-0.3, -0.25) is 10.1 Å². The molecule has 1 aromatic heterocycles. The van der Waals surface area contributed by atoms with E-state index in [0.29, 0.717) is 17.9 Å². The SMILES string of the molecule is Cc1c(CNc2cc([N+](=O)[O-])ccc2Br)cc(C#N)n1C. The number of nitro benzene ring substituents is 1. The van der Waals surface area contributed by atoms with E-state index < -0.39 is 4.92 Å². The molecule has 1 N–H and O–H groups in total. The van der Waals surface area contributed by atoms with Gasteiger partial charge in [0, 0.05) is 35.9 Å². The summed E-state index contributed by atoms with van der Waals surface area (Å²) in [4.78, 5) is 10.4. The Morgan fingerprint density at radius 1 is 1.48 bits per heavy atom. The van der Waals surface area contributed by atoms with E-state index in [1.54, 1.807) is 6.07 Å². The molecule has 0 saturated carbocycles. The standard InChI is InChI=1S/C14H13BrN4O2/c1-9-10(5-12(7-16)18(9)2)8-17-14-6-11(19(20)21)3-4-13(14)15/h3-6,17H,8H2,1-2H3. The topological polar surface area (TPSA) is 83.9 Å². The first-order valence-electron chi connectivity index (χ1n) is 6.17. The van der Waals surface area contributed by atoms with E-state index in [-0.39, 0.29) is 5.69 Å². The average Bonchev–Trinajstić information content (AvgIpc) is 2.73. The van der Waals surface area contributed by atoms with Crippen LogP contribution in [0.3, 0.4) is 0 Å². The summed E-state index contributed by atoms with van der Waals surface area (Å²) in [6.45, 7) is 2.42. The highest BCUT2D eigenvalue weighted by Crippen LogP contribution is 2.28. The Labute approximate surface area is 130 Å². The lowest BCUT2D eigenvalue weighted by molar-refractivity contribution is -0.384. The van der Waals surface area contributed by atoms with Crippen LogP contribution >= 0.6 is 15.9 Å². The van der Waals surface area contributed by atoms with Crippen molar-refractivity contribution in [1.29, 1.82) is 5.26 Å². The van der Waals surface area contributed by atoms with Crippen molar-refractivity contribution in [2.24, 2.45) is 7.05 Å². The largest absolute Gasteiger partial charge is 0.380 e. The van der Waals surface area contributed by atoms with E-state index in [9.17, 15) is 10.1 Å². The van der Waals surface area contributed by atoms with E-state index in [0.717, 1.165) is 15.7 Å². The zero-order chi connectivity index (χ0) is 15.6. The molecule has 0 atom stereocenters. The lowest BCUT2D eigenvalue weighted by atomic mass is 10.2. The zero-order valence-electron chi connectivity index (χ0n) is 11.6. The molecule has 6 nitrogen and oxygen atoms in total. The monoisotopic (exact) mass is 348 g/mol. The number of anilines is 1. The molecular weight excluding hydrogens is 336 g/mol. The van der Waals surface area contributed by atoms with Crippen LogP contribution in [0.4, 0.5) is 11.4 Å². The van der Waals surface area contributed by atoms with Gasteiger partial charge in [0.25, 0.3) is 5.69 Å². The number of aromatic nitrogens is 1. The molecule has 0 aliphatic rings. The fraction of sp³-hybridized carbons (Fsp3) is 0.214. The van der Waals surface area contributed by atoms with E-state index in [4.69, 9.17) is 5.26 Å². The van der Waals surface area contributed by atoms with Crippen molar-refractivity contribution in [3.05, 3.63) is 55.8 Å². The first-order chi connectivity index (χ1) is 9.93. The quantitative estimate of drug-likeness (QED) is 0.676. The Hall–Kier alpha value is -2.33. The first-order valence-corrected chi connectivity index (χ1v) is 6.96. The Morgan fingerprint density at radius 3 is 2.76 bits per heavy atom. The fourth-order valence-corrected chi connectivity index (χ4v) is 2.39. The van der Waals surface area contributed by atoms with Gasteiger partial charge in [-0.1, -0.05) is 0 Å². The van der Waals surface area contributed by atoms with Gasteiger partial charge in [0.15, 0.2) is 0 Å². The predicted molar refractivity (Wildman–Crippen MR) is 83.0 cm³/mol. The second-order valence-corrected chi connectivity index (χ2v) is 5.44. The average molecular weight is 349 g/mol. The minimum Gasteiger partial charge on any atom is -0.380 e. The molecule has 0 aliphatic heterocycles. The van der Waals surface area contributed by atoms with Crippen molar-refractivity contribution < 1.29 is 4.92 Å². The molecular formula is C14H13BrN4O2. The molecule has 2 rings (SSSR count). The summed E-state index contributed by atoms with van der Waals surface area (Å²) in [5.41, 5.74) is 3.23. The minimum atomic E-state index is -0.431. The summed E-state index contributed by atoms with van der Waals surface area (Å²) in [5, 5.41) is 23.0. The zero-order valence-corrected chi connectivity index (χ0v) is 13.1. The number of nitrogens with one attached hydrogen (secondary N) is 1. The number of hydrogen-bond donors (Lipinski definition) is 1. The van der Waals surface area contributed by atoms with Crippen LogP contribution in [0.5, 0.6) is 0 Å². The van der Waals surface area contributed by atoms with Gasteiger partial charge in [0.1, 0.15) is 11.8 Å². The van der Waals surface area contributed by atoms with Gasteiger partial charge in [-0.2, -0.15) is 5.26 Å². The molecule has 7 heteroatoms. The molecule has 1 aromatic carbocycles. The third kappa shape index (κ3) is 3.06. The van der Waals surface area contributed by atoms with Gasteiger partial charge < -0.3 is 9.88 Å². The van der Waals surface area contributed by atoms with Crippen molar-refractivity contribution in [2.45, 2.75) is 13.5 Å². The molecule has 1 heterocycles. The smallest absolute Gasteiger partial charge is 0.271 e. The van der Waals surface area contributed by atoms with Gasteiger partial charge in [-0.25, -0.2) is 0 Å². The Morgan fingerprint density at radius 2 is 2.19 bits per heavy atom. The second kappa shape index (κ2) is 5.97. The number of nitro groups is 1. The Balaban J connectivity index is 2.23. The third-order valence-corrected chi connectivity index (χ3v) is 4.08. The van der Waals surface area contributed by atoms with Crippen molar-refractivity contribution in [1.82, 2.24) is 4.57 Å². The van der Waals surface area contributed by atoms with Crippen molar-refractivity contribution in [3.63, 3.8) is 0 Å². The molecule has 0 aliphatic carbocycles. The summed E-state index contributed by atoms with van der Waals surface area (Å²) in [7, 11) is 1.83. The van der Waals surface area contributed by atoms with Crippen LogP contribution in [-0.4, -0.2) is 9.49 Å². The van der Waals surface area contributed by atoms with Gasteiger partial charge in [0.05, 0.1) is 10.6 Å². The van der Waals surface area contributed by atoms with E-state index in [2.05, 4.69) is 27.3 Å². The Kier molecular flexibility index (Phi) is 4.29. The van der Waals surface area contributed by atoms with E-state index in [1.807, 2.05) is 24.6 Å². The molecule has 0 spiro atoms. The van der Waals surface area contributed by atoms with Gasteiger partial charge >= 0.3 is 0 Å². The van der Waals surface area contributed by atoms with Crippen LogP contribution in [-0.2, 0) is 13.6 Å². The van der Waals surface area contributed by atoms with Crippen molar-refractivity contribution in [3.8, 4) is 6.07 Å². The van der Waals surface area contributed by atoms with Crippen LogP contribution in [0.2, 0.25) is 0 Å². The normalized spacial score (nSPS) is 10.2. The molecule has 21 heavy (non-hydrogen) atoms. The van der Waals surface area contributed by atoms with Crippen LogP contribution in [0, 0.1) is 28.4 Å². The molecule has 0 saturated heterocycles. The third-order valence-electron chi connectivity index (χ3n) is 3.38. The fourth-order valence-electron chi connectivity index (χ4n) is 2.00. The summed E-state index contributed by atoms with van der Waals surface area (Å²) >= 11 is 3.36. The van der Waals surface area contributed by atoms with Crippen molar-refractivity contribution >= 4 is 27.3 Å². The summed E-state index contributed by atoms with van der Waals surface area (Å²) in [6.07, 6.45) is 0. The number of non-ortho nitro benzene ring substituents is 1. The van der Waals surface area contributed by atoms with Crippen LogP contribution < -0.4 is 5.32 Å². The number of halogens is 1. The van der Waals surface area contributed by atoms with Crippen molar-refractivity contribution in [2.75, 3.05) is 5.32 Å². The second-order valence-electron chi connectivity index (χ2n) is 4.59. The molecule has 2 aromatic rings. The summed E-state index contributed by atoms with van der Waals surface area (Å²) in [5.74, 6) is 0. The number of hydrogen-bond acceptors (Lipinski definition) is 4.